The highest BCUT2D eigenvalue weighted by atomic mass is 16.5. The van der Waals surface area contributed by atoms with Gasteiger partial charge in [0, 0.05) is 38.0 Å². The second kappa shape index (κ2) is 14.5. The van der Waals surface area contributed by atoms with E-state index in [4.69, 9.17) is 4.74 Å². The molecule has 1 amide bonds. The first-order valence-corrected chi connectivity index (χ1v) is 15.2. The predicted octanol–water partition coefficient (Wildman–Crippen LogP) is 5.44. The Morgan fingerprint density at radius 1 is 1.12 bits per heavy atom. The minimum atomic E-state index is -0.777. The Labute approximate surface area is 242 Å². The first-order chi connectivity index (χ1) is 18.9. The number of aliphatic carboxylic acids is 1. The molecule has 0 aromatic heterocycles. The Morgan fingerprint density at radius 3 is 2.48 bits per heavy atom. The molecular weight excluding hydrogens is 502 g/mol. The molecule has 2 aliphatic rings. The summed E-state index contributed by atoms with van der Waals surface area (Å²) in [5.74, 6) is -0.505. The number of hydrogen-bond donors (Lipinski definition) is 1. The number of amides is 1. The zero-order chi connectivity index (χ0) is 29.4. The molecule has 7 heteroatoms. The fourth-order valence-corrected chi connectivity index (χ4v) is 6.62. The Bertz CT molecular complexity index is 1030. The van der Waals surface area contributed by atoms with Gasteiger partial charge in [-0.3, -0.25) is 14.5 Å². The lowest BCUT2D eigenvalue weighted by atomic mass is 9.77. The Morgan fingerprint density at radius 2 is 1.82 bits per heavy atom. The topological polar surface area (TPSA) is 73.3 Å². The summed E-state index contributed by atoms with van der Waals surface area (Å²) in [6.07, 6.45) is 7.83. The Balaban J connectivity index is 1.88. The predicted molar refractivity (Wildman–Crippen MR) is 162 cm³/mol. The van der Waals surface area contributed by atoms with Gasteiger partial charge in [-0.1, -0.05) is 51.0 Å². The first kappa shape index (κ1) is 32.1. The van der Waals surface area contributed by atoms with E-state index >= 15 is 0 Å². The van der Waals surface area contributed by atoms with E-state index in [2.05, 4.69) is 70.7 Å². The number of carbonyl (C=O) groups is 2. The summed E-state index contributed by atoms with van der Waals surface area (Å²) < 4.78 is 5.71. The quantitative estimate of drug-likeness (QED) is 0.229. The van der Waals surface area contributed by atoms with Crippen LogP contribution in [-0.2, 0) is 16.0 Å². The van der Waals surface area contributed by atoms with Crippen LogP contribution in [0.25, 0.3) is 0 Å². The average Bonchev–Trinajstić information content (AvgIpc) is 3.46. The van der Waals surface area contributed by atoms with Crippen LogP contribution < -0.4 is 4.74 Å². The van der Waals surface area contributed by atoms with E-state index < -0.39 is 11.9 Å². The maximum atomic E-state index is 13.8. The van der Waals surface area contributed by atoms with Crippen molar-refractivity contribution in [2.24, 2.45) is 11.3 Å². The molecule has 3 rings (SSSR count). The van der Waals surface area contributed by atoms with Gasteiger partial charge in [0.15, 0.2) is 0 Å². The average molecular weight is 556 g/mol. The molecule has 2 aliphatic heterocycles. The maximum absolute atomic E-state index is 13.8. The van der Waals surface area contributed by atoms with Gasteiger partial charge in [-0.25, -0.2) is 0 Å². The van der Waals surface area contributed by atoms with Crippen molar-refractivity contribution in [1.29, 1.82) is 0 Å². The molecule has 0 saturated carbocycles. The molecule has 1 saturated heterocycles. The number of rotatable bonds is 15. The van der Waals surface area contributed by atoms with Gasteiger partial charge in [-0.2, -0.15) is 0 Å². The highest BCUT2D eigenvalue weighted by Crippen LogP contribution is 2.44. The molecule has 1 fully saturated rings. The van der Waals surface area contributed by atoms with Gasteiger partial charge in [-0.15, -0.1) is 0 Å². The van der Waals surface area contributed by atoms with Crippen molar-refractivity contribution in [3.63, 3.8) is 0 Å². The summed E-state index contributed by atoms with van der Waals surface area (Å²) in [6, 6.07) is 5.94. The summed E-state index contributed by atoms with van der Waals surface area (Å²) in [5.41, 5.74) is 3.23. The molecule has 224 valence electrons. The second-order valence-electron chi connectivity index (χ2n) is 13.1. The molecule has 0 bridgehead atoms. The SMILES string of the molecule is CCCCN(CCCCN(C)C)C(=O)CN1C[C@H](c2ccc3c(c2)CCO3)[C@@H](C(=O)O)[C@@H]1CC(C)(C)C=C(C)C. The van der Waals surface area contributed by atoms with E-state index in [1.54, 1.807) is 0 Å². The summed E-state index contributed by atoms with van der Waals surface area (Å²) >= 11 is 0. The highest BCUT2D eigenvalue weighted by molar-refractivity contribution is 5.79. The number of unbranched alkanes of at least 4 members (excludes halogenated alkanes) is 2. The lowest BCUT2D eigenvalue weighted by Gasteiger charge is -2.34. The van der Waals surface area contributed by atoms with Crippen LogP contribution in [-0.4, -0.2) is 91.2 Å². The van der Waals surface area contributed by atoms with E-state index in [-0.39, 0.29) is 29.8 Å². The fourth-order valence-electron chi connectivity index (χ4n) is 6.62. The van der Waals surface area contributed by atoms with E-state index in [1.807, 2.05) is 17.0 Å². The molecule has 3 atom stereocenters. The van der Waals surface area contributed by atoms with Crippen molar-refractivity contribution in [1.82, 2.24) is 14.7 Å². The summed E-state index contributed by atoms with van der Waals surface area (Å²) in [7, 11) is 4.15. The number of ether oxygens (including phenoxy) is 1. The zero-order valence-corrected chi connectivity index (χ0v) is 26.0. The maximum Gasteiger partial charge on any atom is 0.308 e. The minimum absolute atomic E-state index is 0.121. The molecular formula is C33H53N3O4. The van der Waals surface area contributed by atoms with E-state index in [1.165, 1.54) is 5.57 Å². The van der Waals surface area contributed by atoms with E-state index in [9.17, 15) is 14.7 Å². The highest BCUT2D eigenvalue weighted by Gasteiger charge is 2.48. The molecule has 1 N–H and O–H groups in total. The standard InChI is InChI=1S/C33H53N3O4/c1-8-9-16-35(17-11-10-15-34(6)7)30(37)23-36-22-27(25-12-13-29-26(19-25)14-18-40-29)31(32(38)39)28(36)21-33(4,5)20-24(2)3/h12-13,19-20,27-28,31H,8-11,14-18,21-23H2,1-7H3,(H,38,39)/t27-,28+,31-/m1/s1. The van der Waals surface area contributed by atoms with Crippen molar-refractivity contribution in [2.45, 2.75) is 85.1 Å². The molecule has 2 heterocycles. The summed E-state index contributed by atoms with van der Waals surface area (Å²) in [4.78, 5) is 33.1. The Kier molecular flexibility index (Phi) is 11.6. The molecule has 7 nitrogen and oxygen atoms in total. The van der Waals surface area contributed by atoms with Crippen molar-refractivity contribution in [3.05, 3.63) is 41.0 Å². The molecule has 0 unspecified atom stereocenters. The van der Waals surface area contributed by atoms with Gasteiger partial charge < -0.3 is 19.6 Å². The number of hydrogen-bond acceptors (Lipinski definition) is 5. The number of allylic oxidation sites excluding steroid dienone is 2. The van der Waals surface area contributed by atoms with Gasteiger partial charge >= 0.3 is 5.97 Å². The van der Waals surface area contributed by atoms with Crippen LogP contribution in [0.4, 0.5) is 0 Å². The number of carboxylic acids is 1. The van der Waals surface area contributed by atoms with Gasteiger partial charge in [0.25, 0.3) is 0 Å². The number of carbonyl (C=O) groups excluding carboxylic acids is 1. The molecule has 0 aliphatic carbocycles. The first-order valence-electron chi connectivity index (χ1n) is 15.2. The fraction of sp³-hybridized carbons (Fsp3) is 0.697. The van der Waals surface area contributed by atoms with Crippen molar-refractivity contribution >= 4 is 11.9 Å². The van der Waals surface area contributed by atoms with Gasteiger partial charge in [-0.05, 0) is 82.8 Å². The monoisotopic (exact) mass is 555 g/mol. The minimum Gasteiger partial charge on any atom is -0.493 e. The van der Waals surface area contributed by atoms with Crippen LogP contribution in [0, 0.1) is 11.3 Å². The lowest BCUT2D eigenvalue weighted by Crippen LogP contribution is -2.46. The van der Waals surface area contributed by atoms with Crippen LogP contribution in [0.15, 0.2) is 29.8 Å². The largest absolute Gasteiger partial charge is 0.493 e. The molecule has 40 heavy (non-hydrogen) atoms. The number of benzene rings is 1. The third kappa shape index (κ3) is 8.81. The molecule has 0 radical (unpaired) electrons. The Hall–Kier alpha value is -2.38. The van der Waals surface area contributed by atoms with Crippen molar-refractivity contribution < 1.29 is 19.4 Å². The number of nitrogens with zero attached hydrogens (tertiary/aromatic N) is 3. The summed E-state index contributed by atoms with van der Waals surface area (Å²) in [6.45, 7) is 14.7. The third-order valence-corrected chi connectivity index (χ3v) is 8.35. The van der Waals surface area contributed by atoms with Crippen LogP contribution in [0.2, 0.25) is 0 Å². The van der Waals surface area contributed by atoms with Gasteiger partial charge in [0.2, 0.25) is 5.91 Å². The number of carboxylic acid groups (broad SMARTS) is 1. The smallest absolute Gasteiger partial charge is 0.308 e. The lowest BCUT2D eigenvalue weighted by molar-refractivity contribution is -0.144. The number of fused-ring (bicyclic) bond motifs is 1. The summed E-state index contributed by atoms with van der Waals surface area (Å²) in [5, 5.41) is 10.6. The molecule has 0 spiro atoms. The second-order valence-corrected chi connectivity index (χ2v) is 13.1. The van der Waals surface area contributed by atoms with Gasteiger partial charge in [0.05, 0.1) is 19.1 Å². The van der Waals surface area contributed by atoms with Crippen molar-refractivity contribution in [2.75, 3.05) is 53.4 Å². The van der Waals surface area contributed by atoms with Crippen LogP contribution >= 0.6 is 0 Å². The van der Waals surface area contributed by atoms with E-state index in [0.29, 0.717) is 19.6 Å². The van der Waals surface area contributed by atoms with Crippen LogP contribution in [0.3, 0.4) is 0 Å². The van der Waals surface area contributed by atoms with Crippen molar-refractivity contribution in [3.8, 4) is 5.75 Å². The third-order valence-electron chi connectivity index (χ3n) is 8.35. The van der Waals surface area contributed by atoms with E-state index in [0.717, 1.165) is 68.6 Å². The zero-order valence-electron chi connectivity index (χ0n) is 26.0. The van der Waals surface area contributed by atoms with Crippen LogP contribution in [0.5, 0.6) is 5.75 Å². The van der Waals surface area contributed by atoms with Crippen LogP contribution in [0.1, 0.15) is 83.8 Å². The molecule has 1 aromatic carbocycles. The normalized spacial score (nSPS) is 20.9. The van der Waals surface area contributed by atoms with Gasteiger partial charge in [0.1, 0.15) is 5.75 Å². The molecule has 1 aromatic rings. The number of likely N-dealkylation sites (tertiary alicyclic amines) is 1.